The molecule has 0 radical (unpaired) electrons. The Hall–Kier alpha value is -13.5. The van der Waals surface area contributed by atoms with E-state index in [4.69, 9.17) is 9.47 Å². The molecule has 3 nitrogen and oxygen atoms in total. The molecule has 20 aromatic rings. The van der Waals surface area contributed by atoms with E-state index in [1.807, 2.05) is 48.2 Å². The highest BCUT2D eigenvalue weighted by Gasteiger charge is 2.39. The molecule has 1 aliphatic heterocycles. The van der Waals surface area contributed by atoms with E-state index in [1.54, 1.807) is 12.1 Å². The molecule has 1 heterocycles. The first kappa shape index (κ1) is 90.8. The smallest absolute Gasteiger partial charge is 0.180 e. The Labute approximate surface area is 794 Å². The van der Waals surface area contributed by atoms with E-state index < -0.39 is 0 Å². The lowest BCUT2D eigenvalue weighted by molar-refractivity contribution is 0.317. The second-order valence-electron chi connectivity index (χ2n) is 29.8. The molecule has 0 fully saturated rings. The highest BCUT2D eigenvalue weighted by atomic mass is 32.2. The number of hydrogen-bond donors (Lipinski definition) is 1. The lowest BCUT2D eigenvalue weighted by atomic mass is 10.1. The topological polar surface area (TPSA) is 38.7 Å². The van der Waals surface area contributed by atoms with Crippen molar-refractivity contribution < 1.29 is 14.6 Å². The average molecular weight is 1830 g/mol. The van der Waals surface area contributed by atoms with Crippen LogP contribution >= 0.6 is 11.8 Å². The van der Waals surface area contributed by atoms with Gasteiger partial charge in [0.2, 0.25) is 0 Å². The second-order valence-corrected chi connectivity index (χ2v) is 43.0. The van der Waals surface area contributed by atoms with Crippen LogP contribution in [0.25, 0.3) is 21.5 Å². The number of aromatic hydroxyl groups is 1. The monoisotopic (exact) mass is 1820 g/mol. The van der Waals surface area contributed by atoms with Crippen LogP contribution in [0.1, 0.15) is 13.3 Å². The molecule has 0 atom stereocenters. The molecule has 0 saturated heterocycles. The maximum Gasteiger partial charge on any atom is 0.180 e. The van der Waals surface area contributed by atoms with Crippen molar-refractivity contribution in [1.82, 2.24) is 0 Å². The van der Waals surface area contributed by atoms with Gasteiger partial charge >= 0.3 is 0 Å². The number of ether oxygens (including phenoxy) is 2. The summed E-state index contributed by atoms with van der Waals surface area (Å²) in [5, 5.41) is 14.7. The predicted molar refractivity (Wildman–Crippen MR) is 556 cm³/mol. The maximum absolute atomic E-state index is 9.48. The van der Waals surface area contributed by atoms with Crippen LogP contribution in [0.2, 0.25) is 0 Å². The summed E-state index contributed by atoms with van der Waals surface area (Å²) in [5.41, 5.74) is 0. The number of fused-ring (bicyclic) bond motifs is 4. The highest BCUT2D eigenvalue weighted by Crippen LogP contribution is 2.49. The Morgan fingerprint density at radius 1 is 0.260 bits per heavy atom. The largest absolute Gasteiger partial charge is 0.508 e. The molecule has 0 aromatic heterocycles. The van der Waals surface area contributed by atoms with E-state index >= 15 is 0 Å². The van der Waals surface area contributed by atoms with E-state index in [0.29, 0.717) is 5.75 Å². The molecule has 1 aliphatic rings. The van der Waals surface area contributed by atoms with Gasteiger partial charge in [-0.2, -0.15) is 0 Å². The molecule has 0 spiro atoms. The van der Waals surface area contributed by atoms with Crippen molar-refractivity contribution in [3.63, 3.8) is 0 Å². The first-order valence-corrected chi connectivity index (χ1v) is 51.8. The van der Waals surface area contributed by atoms with Gasteiger partial charge in [0.1, 0.15) is 28.1 Å². The fourth-order valence-corrected chi connectivity index (χ4v) is 29.3. The minimum absolute atomic E-state index is 0.0212. The van der Waals surface area contributed by atoms with Crippen LogP contribution < -0.4 is 9.47 Å². The molecule has 0 amide bonds. The van der Waals surface area contributed by atoms with Gasteiger partial charge in [0.05, 0.1) is 77.1 Å². The molecular formula is C121H100O3S7+6. The maximum atomic E-state index is 9.48. The van der Waals surface area contributed by atoms with E-state index in [-0.39, 0.29) is 65.4 Å². The van der Waals surface area contributed by atoms with Crippen molar-refractivity contribution in [3.8, 4) is 17.2 Å². The molecule has 0 bridgehead atoms. The molecule has 21 rings (SSSR count). The van der Waals surface area contributed by atoms with Crippen LogP contribution in [0.5, 0.6) is 17.2 Å². The summed E-state index contributed by atoms with van der Waals surface area (Å²) in [7, 11) is -0.465. The summed E-state index contributed by atoms with van der Waals surface area (Å²) in [5.74, 6) is 2.06. The minimum atomic E-state index is -0.134. The van der Waals surface area contributed by atoms with Crippen LogP contribution in [0.3, 0.4) is 0 Å². The number of hydrogen-bond acceptors (Lipinski definition) is 4. The van der Waals surface area contributed by atoms with Crippen LogP contribution in [0, 0.1) is 0 Å². The Balaban J connectivity index is 0.000000115. The molecule has 0 aliphatic carbocycles. The number of phenolic OH excluding ortho intramolecular Hbond substituents is 1. The van der Waals surface area contributed by atoms with Gasteiger partial charge in [-0.1, -0.05) is 304 Å². The van der Waals surface area contributed by atoms with E-state index in [9.17, 15) is 5.11 Å². The molecular weight excluding hydrogens is 1730 g/mol. The molecule has 1 N–H and O–H groups in total. The van der Waals surface area contributed by atoms with E-state index in [1.165, 1.54) is 126 Å². The molecule has 0 unspecified atom stereocenters. The van der Waals surface area contributed by atoms with Gasteiger partial charge in [-0.05, 0) is 277 Å². The third-order valence-electron chi connectivity index (χ3n) is 20.9. The van der Waals surface area contributed by atoms with Crippen molar-refractivity contribution in [3.05, 3.63) is 553 Å². The van der Waals surface area contributed by atoms with Crippen LogP contribution in [-0.4, -0.2) is 11.7 Å². The van der Waals surface area contributed by atoms with Crippen LogP contribution in [0.4, 0.5) is 0 Å². The lowest BCUT2D eigenvalue weighted by Gasteiger charge is -2.18. The number of phenols is 1. The van der Waals surface area contributed by atoms with Crippen LogP contribution in [0.15, 0.2) is 651 Å². The lowest BCUT2D eigenvalue weighted by Crippen LogP contribution is -2.10. The molecule has 10 heteroatoms. The quantitative estimate of drug-likeness (QED) is 0.0575. The van der Waals surface area contributed by atoms with Gasteiger partial charge < -0.3 is 14.6 Å². The van der Waals surface area contributed by atoms with Crippen molar-refractivity contribution >= 4 is 98.7 Å². The second kappa shape index (κ2) is 47.7. The van der Waals surface area contributed by atoms with Gasteiger partial charge in [-0.3, -0.25) is 0 Å². The summed E-state index contributed by atoms with van der Waals surface area (Å²) in [6.45, 7) is 6.48. The normalized spacial score (nSPS) is 11.2. The van der Waals surface area contributed by atoms with Crippen molar-refractivity contribution in [1.29, 1.82) is 0 Å². The minimum Gasteiger partial charge on any atom is -0.508 e. The first-order chi connectivity index (χ1) is 64.9. The third kappa shape index (κ3) is 24.3. The van der Waals surface area contributed by atoms with Crippen LogP contribution in [-0.2, 0) is 65.4 Å². The Morgan fingerprint density at radius 3 is 0.916 bits per heavy atom. The summed E-state index contributed by atoms with van der Waals surface area (Å²) in [4.78, 5) is 26.9. The Bertz CT molecular complexity index is 6580. The fraction of sp³-hybridized carbons (Fsp3) is 0.0248. The predicted octanol–water partition coefficient (Wildman–Crippen LogP) is 32.5. The summed E-state index contributed by atoms with van der Waals surface area (Å²) in [6, 6.07) is 190. The molecule has 20 aromatic carbocycles. The zero-order chi connectivity index (χ0) is 89.2. The third-order valence-corrected chi connectivity index (χ3v) is 35.9. The molecule has 0 saturated carbocycles. The average Bonchev–Trinajstić information content (AvgIpc) is 0.758. The van der Waals surface area contributed by atoms with E-state index in [0.717, 1.165) is 24.5 Å². The summed E-state index contributed by atoms with van der Waals surface area (Å²) >= 11 is 1.89. The molecule has 638 valence electrons. The number of benzene rings is 20. The zero-order valence-electron chi connectivity index (χ0n) is 72.7. The van der Waals surface area contributed by atoms with E-state index in [2.05, 4.69) is 505 Å². The standard InChI is InChI=1S/2C22H17S.C21H21OS.C20H17OS.C18H14OS.C18H13S2/c1-3-12-19(13-4-1)23(20-14-5-2-6-15-20)22-17-9-11-18-10-7-8-16-21(18)22;1-3-11-20(12-4-1)23(21-13-5-2-6-14-21)22-16-15-18-9-7-8-10-19(18)17-22;1-2-17-22-18-13-15-21(16-14-18)23(19-9-5-3-6-10-19)20-11-7-4-8-12-20;1-2-21-17-13-15-20(16-14-17)22(18-9-5-3-6-10-18)19-11-7-4-8-12-19;19-15-11-13-18(14-12-15)20(16-7-3-1-4-8-16)17-9-5-2-6-10-17;1-2-8-14(9-3-1)20-17-12-6-4-10-15(17)19-16-11-5-7-13-18(16)20/h2*1-17H;3-16H,2,17H2,1H3;2-16H,1H2;1-14H;1-13H/q4*+1;;+1/p+1. The van der Waals surface area contributed by atoms with Crippen molar-refractivity contribution in [2.45, 2.75) is 111 Å². The van der Waals surface area contributed by atoms with Crippen molar-refractivity contribution in [2.24, 2.45) is 0 Å². The van der Waals surface area contributed by atoms with Gasteiger partial charge in [0.15, 0.2) is 88.1 Å². The van der Waals surface area contributed by atoms with Gasteiger partial charge in [0.25, 0.3) is 0 Å². The summed E-state index contributed by atoms with van der Waals surface area (Å²) in [6.07, 6.45) is 2.48. The summed E-state index contributed by atoms with van der Waals surface area (Å²) < 4.78 is 11.0. The number of rotatable bonds is 21. The van der Waals surface area contributed by atoms with Gasteiger partial charge in [0, 0.05) is 11.5 Å². The van der Waals surface area contributed by atoms with Gasteiger partial charge in [-0.25, -0.2) is 0 Å². The zero-order valence-corrected chi connectivity index (χ0v) is 78.4. The SMILES string of the molecule is C=COc1ccc([S+](c2ccccc2)c2ccccc2)cc1.CCCOc1ccc([S+](c2ccccc2)c2ccccc2)cc1.Oc1ccc([S+](c2ccccc2)c2ccccc2)cc1.c1ccc([S+](c2ccccc2)c2ccc3ccccc3c2)cc1.c1ccc([S+](c2ccccc2)c2cccc3ccccc23)cc1.c1ccc([S+]2c3ccccc3Sc3ccccc32)cc1. The Morgan fingerprint density at radius 2 is 0.542 bits per heavy atom. The fourth-order valence-electron chi connectivity index (χ4n) is 14.9. The Kier molecular flexibility index (Phi) is 33.1. The first-order valence-electron chi connectivity index (χ1n) is 43.6. The highest BCUT2D eigenvalue weighted by molar-refractivity contribution is 8.04. The molecule has 131 heavy (non-hydrogen) atoms. The van der Waals surface area contributed by atoms with Gasteiger partial charge in [-0.15, -0.1) is 0 Å². The van der Waals surface area contributed by atoms with Crippen molar-refractivity contribution in [2.75, 3.05) is 6.61 Å².